The van der Waals surface area contributed by atoms with E-state index in [2.05, 4.69) is 0 Å². The summed E-state index contributed by atoms with van der Waals surface area (Å²) in [4.78, 5) is 9.24. The smallest absolute Gasteiger partial charge is 0.416 e. The van der Waals surface area contributed by atoms with Gasteiger partial charge in [-0.1, -0.05) is 18.2 Å². The predicted octanol–water partition coefficient (Wildman–Crippen LogP) is 3.54. The fourth-order valence-corrected chi connectivity index (χ4v) is 3.82. The molecule has 13 heteroatoms. The van der Waals surface area contributed by atoms with Crippen LogP contribution in [0, 0.1) is 23.3 Å². The fraction of sp³-hybridized carbons (Fsp3) is 0.188. The Balaban J connectivity index is 2.62. The van der Waals surface area contributed by atoms with Crippen LogP contribution < -0.4 is 0 Å². The molecule has 0 spiro atoms. The minimum absolute atomic E-state index is 0.130. The van der Waals surface area contributed by atoms with Crippen LogP contribution in [0.3, 0.4) is 0 Å². The number of halogens is 7. The molecule has 2 rings (SSSR count). The molecule has 0 unspecified atom stereocenters. The zero-order valence-electron chi connectivity index (χ0n) is 14.0. The lowest BCUT2D eigenvalue weighted by atomic mass is 10.1. The second-order valence-corrected chi connectivity index (χ2v) is 7.53. The normalized spacial score (nSPS) is 12.4. The highest BCUT2D eigenvalue weighted by Crippen LogP contribution is 2.33. The van der Waals surface area contributed by atoms with Crippen molar-refractivity contribution in [2.24, 2.45) is 0 Å². The van der Waals surface area contributed by atoms with Gasteiger partial charge in [-0.05, 0) is 11.6 Å². The maximum atomic E-state index is 13.9. The SMILES string of the molecule is O=C(O)CN(Cc1ccccc1C(F)(F)F)S(=O)(=O)c1cc(F)c(F)c(F)c1F. The lowest BCUT2D eigenvalue weighted by Gasteiger charge is -2.23. The summed E-state index contributed by atoms with van der Waals surface area (Å²) in [5, 5.41) is 8.89. The number of hydrogen-bond donors (Lipinski definition) is 1. The van der Waals surface area contributed by atoms with Gasteiger partial charge in [-0.25, -0.2) is 26.0 Å². The van der Waals surface area contributed by atoms with E-state index >= 15 is 0 Å². The summed E-state index contributed by atoms with van der Waals surface area (Å²) in [6, 6.07) is 3.31. The van der Waals surface area contributed by atoms with Crippen molar-refractivity contribution < 1.29 is 49.1 Å². The van der Waals surface area contributed by atoms with Crippen molar-refractivity contribution in [3.8, 4) is 0 Å². The summed E-state index contributed by atoms with van der Waals surface area (Å²) in [6.45, 7) is -2.68. The van der Waals surface area contributed by atoms with Gasteiger partial charge in [0.05, 0.1) is 5.56 Å². The molecule has 0 aromatic heterocycles. The molecule has 0 radical (unpaired) electrons. The van der Waals surface area contributed by atoms with Crippen LogP contribution in [0.4, 0.5) is 30.7 Å². The van der Waals surface area contributed by atoms with E-state index in [-0.39, 0.29) is 10.4 Å². The molecule has 29 heavy (non-hydrogen) atoms. The van der Waals surface area contributed by atoms with Crippen LogP contribution in [-0.2, 0) is 27.5 Å². The van der Waals surface area contributed by atoms with Gasteiger partial charge in [0.2, 0.25) is 10.0 Å². The predicted molar refractivity (Wildman–Crippen MR) is 82.9 cm³/mol. The summed E-state index contributed by atoms with van der Waals surface area (Å²) in [7, 11) is -5.39. The van der Waals surface area contributed by atoms with E-state index in [9.17, 15) is 43.9 Å². The molecule has 0 bridgehead atoms. The van der Waals surface area contributed by atoms with E-state index < -0.39 is 74.5 Å². The van der Waals surface area contributed by atoms with Gasteiger partial charge in [0.15, 0.2) is 23.3 Å². The third-order valence-electron chi connectivity index (χ3n) is 3.67. The van der Waals surface area contributed by atoms with Crippen molar-refractivity contribution in [1.82, 2.24) is 4.31 Å². The highest BCUT2D eigenvalue weighted by molar-refractivity contribution is 7.89. The summed E-state index contributed by atoms with van der Waals surface area (Å²) >= 11 is 0. The summed E-state index contributed by atoms with van der Waals surface area (Å²) in [5.74, 6) is -11.1. The maximum absolute atomic E-state index is 13.9. The van der Waals surface area contributed by atoms with Crippen LogP contribution in [-0.4, -0.2) is 30.3 Å². The van der Waals surface area contributed by atoms with Crippen LogP contribution in [0.25, 0.3) is 0 Å². The van der Waals surface area contributed by atoms with Gasteiger partial charge in [0, 0.05) is 12.6 Å². The molecule has 0 saturated heterocycles. The average Bonchev–Trinajstić information content (AvgIpc) is 2.61. The lowest BCUT2D eigenvalue weighted by molar-refractivity contribution is -0.138. The van der Waals surface area contributed by atoms with E-state index in [0.717, 1.165) is 18.2 Å². The van der Waals surface area contributed by atoms with Crippen LogP contribution in [0.15, 0.2) is 35.2 Å². The summed E-state index contributed by atoms with van der Waals surface area (Å²) in [5.41, 5.74) is -2.00. The standard InChI is InChI=1S/C16H10F7NO4S/c17-10-5-11(14(19)15(20)13(10)18)29(27,28)24(7-12(25)26)6-8-3-1-2-4-9(8)16(21,22)23/h1-5H,6-7H2,(H,25,26). The molecule has 0 atom stereocenters. The van der Waals surface area contributed by atoms with E-state index in [4.69, 9.17) is 5.11 Å². The molecule has 0 fully saturated rings. The van der Waals surface area contributed by atoms with E-state index in [1.54, 1.807) is 0 Å². The molecule has 0 amide bonds. The molecule has 2 aromatic carbocycles. The summed E-state index contributed by atoms with van der Waals surface area (Å²) in [6.07, 6.45) is -4.94. The molecule has 1 N–H and O–H groups in total. The van der Waals surface area contributed by atoms with Gasteiger partial charge < -0.3 is 5.11 Å². The number of sulfonamides is 1. The first kappa shape index (κ1) is 22.6. The lowest BCUT2D eigenvalue weighted by Crippen LogP contribution is -2.36. The zero-order valence-corrected chi connectivity index (χ0v) is 14.8. The van der Waals surface area contributed by atoms with Gasteiger partial charge in [-0.15, -0.1) is 0 Å². The first-order valence-electron chi connectivity index (χ1n) is 7.46. The third kappa shape index (κ3) is 4.67. The Morgan fingerprint density at radius 2 is 1.59 bits per heavy atom. The first-order valence-corrected chi connectivity index (χ1v) is 8.90. The minimum atomic E-state index is -5.39. The second-order valence-electron chi connectivity index (χ2n) is 5.62. The van der Waals surface area contributed by atoms with E-state index in [1.165, 1.54) is 0 Å². The van der Waals surface area contributed by atoms with Gasteiger partial charge >= 0.3 is 12.1 Å². The molecule has 0 saturated carbocycles. The molecule has 5 nitrogen and oxygen atoms in total. The summed E-state index contributed by atoms with van der Waals surface area (Å²) < 4.78 is 118. The number of rotatable bonds is 6. The van der Waals surface area contributed by atoms with Crippen LogP contribution in [0.2, 0.25) is 0 Å². The van der Waals surface area contributed by atoms with E-state index in [0.29, 0.717) is 6.07 Å². The van der Waals surface area contributed by atoms with Crippen LogP contribution in [0.1, 0.15) is 11.1 Å². The quantitative estimate of drug-likeness (QED) is 0.420. The van der Waals surface area contributed by atoms with E-state index in [1.807, 2.05) is 0 Å². The Bertz CT molecular complexity index is 1050. The molecular formula is C16H10F7NO4S. The van der Waals surface area contributed by atoms with Crippen molar-refractivity contribution in [2.75, 3.05) is 6.54 Å². The van der Waals surface area contributed by atoms with Gasteiger partial charge in [-0.2, -0.15) is 17.5 Å². The number of aliphatic carboxylic acids is 1. The van der Waals surface area contributed by atoms with Gasteiger partial charge in [0.1, 0.15) is 11.4 Å². The number of alkyl halides is 3. The number of carboxylic acid groups (broad SMARTS) is 1. The first-order chi connectivity index (χ1) is 13.3. The Morgan fingerprint density at radius 1 is 1.00 bits per heavy atom. The number of nitrogens with zero attached hydrogens (tertiary/aromatic N) is 1. The third-order valence-corrected chi connectivity index (χ3v) is 5.46. The van der Waals surface area contributed by atoms with Gasteiger partial charge in [-0.3, -0.25) is 4.79 Å². The number of carboxylic acids is 1. The number of hydrogen-bond acceptors (Lipinski definition) is 3. The molecular weight excluding hydrogens is 435 g/mol. The Morgan fingerprint density at radius 3 is 2.14 bits per heavy atom. The molecule has 158 valence electrons. The molecule has 0 aliphatic heterocycles. The van der Waals surface area contributed by atoms with Crippen LogP contribution >= 0.6 is 0 Å². The topological polar surface area (TPSA) is 74.7 Å². The highest BCUT2D eigenvalue weighted by Gasteiger charge is 2.37. The maximum Gasteiger partial charge on any atom is 0.416 e. The van der Waals surface area contributed by atoms with Gasteiger partial charge in [0.25, 0.3) is 0 Å². The minimum Gasteiger partial charge on any atom is -0.480 e. The number of benzene rings is 2. The van der Waals surface area contributed by atoms with Crippen molar-refractivity contribution >= 4 is 16.0 Å². The average molecular weight is 445 g/mol. The van der Waals surface area contributed by atoms with Crippen molar-refractivity contribution in [2.45, 2.75) is 17.6 Å². The zero-order chi connectivity index (χ0) is 22.1. The highest BCUT2D eigenvalue weighted by atomic mass is 32.2. The van der Waals surface area contributed by atoms with Crippen molar-refractivity contribution in [3.05, 3.63) is 64.7 Å². The Labute approximate surface area is 159 Å². The fourth-order valence-electron chi connectivity index (χ4n) is 2.38. The Kier molecular flexibility index (Phi) is 6.23. The second kappa shape index (κ2) is 7.99. The molecule has 0 aliphatic rings. The Hall–Kier alpha value is -2.67. The van der Waals surface area contributed by atoms with Crippen LogP contribution in [0.5, 0.6) is 0 Å². The molecule has 2 aromatic rings. The van der Waals surface area contributed by atoms with Crippen molar-refractivity contribution in [1.29, 1.82) is 0 Å². The van der Waals surface area contributed by atoms with Crippen molar-refractivity contribution in [3.63, 3.8) is 0 Å². The molecule has 0 heterocycles. The molecule has 0 aliphatic carbocycles. The monoisotopic (exact) mass is 445 g/mol. The number of carbonyl (C=O) groups is 1. The largest absolute Gasteiger partial charge is 0.480 e.